The molecule has 0 saturated heterocycles. The number of aromatic amines is 1. The molecule has 4 nitrogen and oxygen atoms in total. The van der Waals surface area contributed by atoms with Crippen molar-refractivity contribution in [2.24, 2.45) is 0 Å². The number of carbonyl (C=O) groups excluding carboxylic acids is 2. The minimum Gasteiger partial charge on any atom is -0.451 e. The van der Waals surface area contributed by atoms with Gasteiger partial charge in [-0.25, -0.2) is 4.79 Å². The van der Waals surface area contributed by atoms with Crippen LogP contribution < -0.4 is 0 Å². The summed E-state index contributed by atoms with van der Waals surface area (Å²) in [7, 11) is 0. The van der Waals surface area contributed by atoms with Gasteiger partial charge in [0.2, 0.25) is 5.78 Å². The van der Waals surface area contributed by atoms with Crippen LogP contribution in [-0.4, -0.2) is 22.8 Å². The first kappa shape index (κ1) is 19.2. The number of Topliss-reactive ketones (excluding diaryl/α,β-unsaturated/α-hetero) is 1. The quantitative estimate of drug-likeness (QED) is 0.343. The summed E-state index contributed by atoms with van der Waals surface area (Å²) in [4.78, 5) is 28.0. The minimum absolute atomic E-state index is 0.253. The van der Waals surface area contributed by atoms with Crippen LogP contribution in [0, 0.1) is 6.92 Å². The largest absolute Gasteiger partial charge is 0.451 e. The number of fused-ring (bicyclic) bond motifs is 1. The second-order valence-electron chi connectivity index (χ2n) is 6.11. The van der Waals surface area contributed by atoms with Crippen molar-refractivity contribution in [3.05, 3.63) is 75.4 Å². The number of ether oxygens (including phenoxy) is 1. The number of halogens is 2. The van der Waals surface area contributed by atoms with Crippen molar-refractivity contribution in [3.8, 4) is 0 Å². The number of para-hydroxylation sites is 1. The van der Waals surface area contributed by atoms with E-state index in [4.69, 9.17) is 27.9 Å². The van der Waals surface area contributed by atoms with Gasteiger partial charge in [-0.15, -0.1) is 0 Å². The Bertz CT molecular complexity index is 1050. The van der Waals surface area contributed by atoms with Gasteiger partial charge >= 0.3 is 5.97 Å². The molecular weight excluding hydrogens is 385 g/mol. The maximum absolute atomic E-state index is 12.8. The van der Waals surface area contributed by atoms with E-state index >= 15 is 0 Å². The number of H-pyrrole nitrogens is 1. The van der Waals surface area contributed by atoms with Crippen molar-refractivity contribution < 1.29 is 14.3 Å². The lowest BCUT2D eigenvalue weighted by molar-refractivity contribution is -0.140. The van der Waals surface area contributed by atoms with E-state index in [1.54, 1.807) is 25.1 Å². The Morgan fingerprint density at radius 1 is 1.15 bits per heavy atom. The van der Waals surface area contributed by atoms with Gasteiger partial charge < -0.3 is 9.72 Å². The van der Waals surface area contributed by atoms with E-state index in [0.717, 1.165) is 16.6 Å². The maximum Gasteiger partial charge on any atom is 0.331 e. The smallest absolute Gasteiger partial charge is 0.331 e. The number of aryl methyl sites for hydroxylation is 1. The van der Waals surface area contributed by atoms with Crippen LogP contribution in [0.4, 0.5) is 0 Å². The number of rotatable bonds is 5. The first-order chi connectivity index (χ1) is 12.9. The number of aromatic nitrogens is 1. The lowest BCUT2D eigenvalue weighted by atomic mass is 10.0. The zero-order valence-electron chi connectivity index (χ0n) is 14.8. The summed E-state index contributed by atoms with van der Waals surface area (Å²) in [6, 6.07) is 12.5. The van der Waals surface area contributed by atoms with Crippen molar-refractivity contribution in [2.45, 2.75) is 20.0 Å². The molecule has 1 aromatic heterocycles. The van der Waals surface area contributed by atoms with Gasteiger partial charge in [0.15, 0.2) is 6.10 Å². The van der Waals surface area contributed by atoms with E-state index in [2.05, 4.69) is 4.98 Å². The summed E-state index contributed by atoms with van der Waals surface area (Å²) < 4.78 is 5.27. The molecule has 0 spiro atoms. The Hall–Kier alpha value is -2.56. The van der Waals surface area contributed by atoms with Crippen LogP contribution in [0.15, 0.2) is 48.5 Å². The van der Waals surface area contributed by atoms with Crippen molar-refractivity contribution in [2.75, 3.05) is 0 Å². The summed E-state index contributed by atoms with van der Waals surface area (Å²) in [5.41, 5.74) is 2.78. The van der Waals surface area contributed by atoms with Gasteiger partial charge in [-0.2, -0.15) is 0 Å². The number of nitrogens with one attached hydrogen (secondary N) is 1. The molecule has 2 aromatic carbocycles. The summed E-state index contributed by atoms with van der Waals surface area (Å²) in [6.45, 7) is 3.38. The van der Waals surface area contributed by atoms with E-state index in [0.29, 0.717) is 21.2 Å². The number of benzene rings is 2. The molecule has 0 aliphatic heterocycles. The molecule has 1 atom stereocenters. The fourth-order valence-electron chi connectivity index (χ4n) is 2.86. The molecule has 3 rings (SSSR count). The first-order valence-electron chi connectivity index (χ1n) is 8.32. The monoisotopic (exact) mass is 401 g/mol. The fraction of sp³-hybridized carbons (Fsp3) is 0.143. The van der Waals surface area contributed by atoms with E-state index in [1.165, 1.54) is 12.2 Å². The summed E-state index contributed by atoms with van der Waals surface area (Å²) >= 11 is 11.9. The van der Waals surface area contributed by atoms with E-state index in [-0.39, 0.29) is 5.78 Å². The average Bonchev–Trinajstić information content (AvgIpc) is 2.96. The Morgan fingerprint density at radius 3 is 2.63 bits per heavy atom. The maximum atomic E-state index is 12.8. The number of hydrogen-bond acceptors (Lipinski definition) is 3. The van der Waals surface area contributed by atoms with Gasteiger partial charge in [0.05, 0.1) is 0 Å². The molecule has 138 valence electrons. The third kappa shape index (κ3) is 4.24. The Labute approximate surface area is 166 Å². The molecule has 0 aliphatic carbocycles. The third-order valence-corrected chi connectivity index (χ3v) is 4.73. The van der Waals surface area contributed by atoms with E-state index in [9.17, 15) is 9.59 Å². The van der Waals surface area contributed by atoms with Crippen molar-refractivity contribution >= 4 is 51.9 Å². The topological polar surface area (TPSA) is 59.2 Å². The molecule has 0 aliphatic rings. The number of carbonyl (C=O) groups is 2. The highest BCUT2D eigenvalue weighted by Gasteiger charge is 2.23. The third-order valence-electron chi connectivity index (χ3n) is 4.16. The van der Waals surface area contributed by atoms with Gasteiger partial charge in [-0.1, -0.05) is 47.5 Å². The van der Waals surface area contributed by atoms with Gasteiger partial charge in [-0.05, 0) is 43.7 Å². The molecule has 0 fully saturated rings. The molecule has 0 saturated carbocycles. The van der Waals surface area contributed by atoms with Crippen LogP contribution in [-0.2, 0) is 9.53 Å². The zero-order valence-corrected chi connectivity index (χ0v) is 16.3. The van der Waals surface area contributed by atoms with Gasteiger partial charge in [-0.3, -0.25) is 4.79 Å². The van der Waals surface area contributed by atoms with Crippen LogP contribution >= 0.6 is 23.2 Å². The SMILES string of the molecule is Cc1[nH]c2ccccc2c1C(=O)[C@@H](C)OC(=O)/C=C/c1ccc(Cl)cc1Cl. The summed E-state index contributed by atoms with van der Waals surface area (Å²) in [6.07, 6.45) is 1.84. The molecule has 1 heterocycles. The van der Waals surface area contributed by atoms with Gasteiger partial charge in [0.1, 0.15) is 0 Å². The van der Waals surface area contributed by atoms with Crippen molar-refractivity contribution in [1.82, 2.24) is 4.98 Å². The van der Waals surface area contributed by atoms with Crippen molar-refractivity contribution in [1.29, 1.82) is 0 Å². The molecule has 0 radical (unpaired) electrons. The predicted molar refractivity (Wildman–Crippen MR) is 108 cm³/mol. The summed E-state index contributed by atoms with van der Waals surface area (Å²) in [5, 5.41) is 1.74. The van der Waals surface area contributed by atoms with E-state index in [1.807, 2.05) is 31.2 Å². The van der Waals surface area contributed by atoms with Crippen LogP contribution in [0.1, 0.15) is 28.5 Å². The molecule has 6 heteroatoms. The van der Waals surface area contributed by atoms with Crippen molar-refractivity contribution in [3.63, 3.8) is 0 Å². The van der Waals surface area contributed by atoms with Crippen LogP contribution in [0.5, 0.6) is 0 Å². The second kappa shape index (κ2) is 7.99. The minimum atomic E-state index is -0.916. The number of hydrogen-bond donors (Lipinski definition) is 1. The lowest BCUT2D eigenvalue weighted by Crippen LogP contribution is -2.24. The van der Waals surface area contributed by atoms with Gasteiger partial charge in [0.25, 0.3) is 0 Å². The number of ketones is 1. The van der Waals surface area contributed by atoms with Crippen LogP contribution in [0.3, 0.4) is 0 Å². The highest BCUT2D eigenvalue weighted by molar-refractivity contribution is 6.35. The Balaban J connectivity index is 1.73. The molecule has 0 amide bonds. The highest BCUT2D eigenvalue weighted by Crippen LogP contribution is 2.24. The standard InChI is InChI=1S/C21H17Cl2NO3/c1-12-20(16-5-3-4-6-18(16)24-12)21(26)13(2)27-19(25)10-8-14-7-9-15(22)11-17(14)23/h3-11,13,24H,1-2H3/b10-8+/t13-/m1/s1. The molecule has 0 unspecified atom stereocenters. The van der Waals surface area contributed by atoms with Crippen LogP contribution in [0.2, 0.25) is 10.0 Å². The van der Waals surface area contributed by atoms with Crippen LogP contribution in [0.25, 0.3) is 17.0 Å². The molecular formula is C21H17Cl2NO3. The molecule has 27 heavy (non-hydrogen) atoms. The molecule has 1 N–H and O–H groups in total. The Morgan fingerprint density at radius 2 is 1.89 bits per heavy atom. The number of esters is 1. The van der Waals surface area contributed by atoms with Gasteiger partial charge in [0, 0.05) is 38.3 Å². The van der Waals surface area contributed by atoms with E-state index < -0.39 is 12.1 Å². The first-order valence-corrected chi connectivity index (χ1v) is 9.07. The average molecular weight is 402 g/mol. The predicted octanol–water partition coefficient (Wildman–Crippen LogP) is 5.61. The zero-order chi connectivity index (χ0) is 19.6. The second-order valence-corrected chi connectivity index (χ2v) is 6.96. The molecule has 0 bridgehead atoms. The Kier molecular flexibility index (Phi) is 5.68. The normalized spacial score (nSPS) is 12.4. The highest BCUT2D eigenvalue weighted by atomic mass is 35.5. The fourth-order valence-corrected chi connectivity index (χ4v) is 3.33. The molecule has 3 aromatic rings. The summed E-state index contributed by atoms with van der Waals surface area (Å²) in [5.74, 6) is -0.879. The lowest BCUT2D eigenvalue weighted by Gasteiger charge is -2.11.